The van der Waals surface area contributed by atoms with E-state index in [1.807, 2.05) is 30.3 Å². The van der Waals surface area contributed by atoms with Crippen molar-refractivity contribution >= 4 is 15.8 Å². The number of anilines is 1. The second-order valence-corrected chi connectivity index (χ2v) is 6.86. The topological polar surface area (TPSA) is 76.1 Å². The fourth-order valence-corrected chi connectivity index (χ4v) is 3.12. The van der Waals surface area contributed by atoms with Gasteiger partial charge in [0.05, 0.1) is 12.4 Å². The molecule has 0 unspecified atom stereocenters. The molecule has 0 fully saturated rings. The largest absolute Gasteiger partial charge is 0.268 e. The van der Waals surface area contributed by atoms with Crippen LogP contribution in [0.3, 0.4) is 0 Å². The first-order valence-electron chi connectivity index (χ1n) is 6.97. The molecule has 0 amide bonds. The third kappa shape index (κ3) is 2.95. The minimum atomic E-state index is -4.01. The first kappa shape index (κ1) is 16.0. The summed E-state index contributed by atoms with van der Waals surface area (Å²) in [6.45, 7) is 0. The quantitative estimate of drug-likeness (QED) is 0.727. The summed E-state index contributed by atoms with van der Waals surface area (Å²) in [7, 11) is -2.78. The average molecular weight is 344 g/mol. The highest BCUT2D eigenvalue weighted by atomic mass is 32.2. The fraction of sp³-hybridized carbons (Fsp3) is 0.0625. The number of rotatable bonds is 4. The van der Waals surface area contributed by atoms with E-state index in [4.69, 9.17) is 0 Å². The number of hydrogen-bond donors (Lipinski definition) is 0. The molecule has 0 saturated heterocycles. The molecule has 0 aliphatic rings. The monoisotopic (exact) mass is 344 g/mol. The van der Waals surface area contributed by atoms with Crippen LogP contribution in [0.25, 0.3) is 11.4 Å². The standard InChI is InChI=1S/C16H13FN4O2S/c1-21(16-14(17)8-5-9-18-16)24(22,23)13-10-19-15(20-11-13)12-6-3-2-4-7-12/h2-11H,1H3. The Morgan fingerprint density at radius 1 is 0.958 bits per heavy atom. The lowest BCUT2D eigenvalue weighted by atomic mass is 10.2. The number of benzene rings is 1. The van der Waals surface area contributed by atoms with E-state index >= 15 is 0 Å². The second-order valence-electron chi connectivity index (χ2n) is 4.89. The summed E-state index contributed by atoms with van der Waals surface area (Å²) in [5.41, 5.74) is 0.769. The van der Waals surface area contributed by atoms with E-state index in [1.165, 1.54) is 31.7 Å². The van der Waals surface area contributed by atoms with Gasteiger partial charge in [0, 0.05) is 18.8 Å². The Morgan fingerprint density at radius 3 is 2.25 bits per heavy atom. The van der Waals surface area contributed by atoms with Gasteiger partial charge in [-0.1, -0.05) is 30.3 Å². The van der Waals surface area contributed by atoms with Crippen LogP contribution in [0.5, 0.6) is 0 Å². The Kier molecular flexibility index (Phi) is 4.22. The summed E-state index contributed by atoms with van der Waals surface area (Å²) in [6, 6.07) is 11.7. The van der Waals surface area contributed by atoms with E-state index < -0.39 is 15.8 Å². The van der Waals surface area contributed by atoms with Gasteiger partial charge in [-0.2, -0.15) is 0 Å². The molecule has 2 aromatic heterocycles. The van der Waals surface area contributed by atoms with Gasteiger partial charge in [0.15, 0.2) is 17.5 Å². The maximum absolute atomic E-state index is 13.8. The molecule has 0 aliphatic heterocycles. The molecule has 3 aromatic rings. The molecule has 0 saturated carbocycles. The van der Waals surface area contributed by atoms with Gasteiger partial charge in [-0.05, 0) is 12.1 Å². The lowest BCUT2D eigenvalue weighted by Gasteiger charge is -2.18. The second kappa shape index (κ2) is 6.32. The number of nitrogens with zero attached hydrogens (tertiary/aromatic N) is 4. The Bertz CT molecular complexity index is 947. The zero-order valence-electron chi connectivity index (χ0n) is 12.7. The Labute approximate surface area is 138 Å². The molecule has 0 bridgehead atoms. The first-order chi connectivity index (χ1) is 11.5. The van der Waals surface area contributed by atoms with Gasteiger partial charge in [0.2, 0.25) is 0 Å². The predicted molar refractivity (Wildman–Crippen MR) is 87.3 cm³/mol. The third-order valence-electron chi connectivity index (χ3n) is 3.36. The normalized spacial score (nSPS) is 11.2. The molecule has 3 rings (SSSR count). The van der Waals surface area contributed by atoms with Crippen LogP contribution in [0.1, 0.15) is 0 Å². The SMILES string of the molecule is CN(c1ncccc1F)S(=O)(=O)c1cnc(-c2ccccc2)nc1. The molecular weight excluding hydrogens is 331 g/mol. The zero-order valence-corrected chi connectivity index (χ0v) is 13.5. The average Bonchev–Trinajstić information content (AvgIpc) is 2.62. The summed E-state index contributed by atoms with van der Waals surface area (Å²) in [5, 5.41) is 0. The Morgan fingerprint density at radius 2 is 1.62 bits per heavy atom. The number of hydrogen-bond acceptors (Lipinski definition) is 5. The first-order valence-corrected chi connectivity index (χ1v) is 8.41. The Hall–Kier alpha value is -2.87. The summed E-state index contributed by atoms with van der Waals surface area (Å²) in [5.74, 6) is -0.615. The minimum absolute atomic E-state index is 0.144. The third-order valence-corrected chi connectivity index (χ3v) is 5.06. The van der Waals surface area contributed by atoms with E-state index in [2.05, 4.69) is 15.0 Å². The van der Waals surface area contributed by atoms with Gasteiger partial charge >= 0.3 is 0 Å². The molecule has 0 aliphatic carbocycles. The van der Waals surface area contributed by atoms with Crippen LogP contribution in [0.2, 0.25) is 0 Å². The van der Waals surface area contributed by atoms with Gasteiger partial charge in [-0.15, -0.1) is 0 Å². The van der Waals surface area contributed by atoms with Gasteiger partial charge in [-0.25, -0.2) is 27.8 Å². The molecule has 0 spiro atoms. The molecule has 0 atom stereocenters. The van der Waals surface area contributed by atoms with Gasteiger partial charge in [0.1, 0.15) is 4.90 Å². The number of aromatic nitrogens is 3. The van der Waals surface area contributed by atoms with Crippen LogP contribution in [0, 0.1) is 5.82 Å². The maximum atomic E-state index is 13.8. The van der Waals surface area contributed by atoms with Crippen molar-refractivity contribution in [2.45, 2.75) is 4.90 Å². The molecule has 122 valence electrons. The number of pyridine rings is 1. The van der Waals surface area contributed by atoms with Crippen LogP contribution in [0.15, 0.2) is 66.0 Å². The summed E-state index contributed by atoms with van der Waals surface area (Å²) in [6.07, 6.45) is 3.71. The summed E-state index contributed by atoms with van der Waals surface area (Å²) >= 11 is 0. The number of halogens is 1. The van der Waals surface area contributed by atoms with Crippen molar-refractivity contribution in [1.29, 1.82) is 0 Å². The molecule has 24 heavy (non-hydrogen) atoms. The molecular formula is C16H13FN4O2S. The van der Waals surface area contributed by atoms with Crippen molar-refractivity contribution in [3.8, 4) is 11.4 Å². The van der Waals surface area contributed by atoms with E-state index in [1.54, 1.807) is 0 Å². The fourth-order valence-electron chi connectivity index (χ4n) is 2.07. The highest BCUT2D eigenvalue weighted by Gasteiger charge is 2.25. The summed E-state index contributed by atoms with van der Waals surface area (Å²) in [4.78, 5) is 11.8. The van der Waals surface area contributed by atoms with E-state index in [0.717, 1.165) is 15.9 Å². The van der Waals surface area contributed by atoms with Crippen molar-refractivity contribution in [2.75, 3.05) is 11.4 Å². The van der Waals surface area contributed by atoms with E-state index in [-0.39, 0.29) is 10.7 Å². The molecule has 1 aromatic carbocycles. The van der Waals surface area contributed by atoms with Crippen molar-refractivity contribution < 1.29 is 12.8 Å². The molecule has 0 N–H and O–H groups in total. The lowest BCUT2D eigenvalue weighted by Crippen LogP contribution is -2.28. The van der Waals surface area contributed by atoms with Gasteiger partial charge < -0.3 is 0 Å². The van der Waals surface area contributed by atoms with Crippen molar-refractivity contribution in [3.63, 3.8) is 0 Å². The minimum Gasteiger partial charge on any atom is -0.250 e. The molecule has 6 nitrogen and oxygen atoms in total. The molecule has 2 heterocycles. The van der Waals surface area contributed by atoms with Crippen LogP contribution >= 0.6 is 0 Å². The Balaban J connectivity index is 1.94. The van der Waals surface area contributed by atoms with Gasteiger partial charge in [0.25, 0.3) is 10.0 Å². The molecule has 0 radical (unpaired) electrons. The van der Waals surface area contributed by atoms with Crippen LogP contribution in [-0.2, 0) is 10.0 Å². The van der Waals surface area contributed by atoms with Crippen LogP contribution in [0.4, 0.5) is 10.2 Å². The smallest absolute Gasteiger partial charge is 0.250 e. The highest BCUT2D eigenvalue weighted by Crippen LogP contribution is 2.22. The van der Waals surface area contributed by atoms with E-state index in [0.29, 0.717) is 5.82 Å². The van der Waals surface area contributed by atoms with Crippen LogP contribution in [-0.4, -0.2) is 30.4 Å². The highest BCUT2D eigenvalue weighted by molar-refractivity contribution is 7.92. The van der Waals surface area contributed by atoms with Crippen LogP contribution < -0.4 is 4.31 Å². The lowest BCUT2D eigenvalue weighted by molar-refractivity contribution is 0.587. The van der Waals surface area contributed by atoms with Crippen molar-refractivity contribution in [1.82, 2.24) is 15.0 Å². The predicted octanol–water partition coefficient (Wildman–Crippen LogP) is 2.50. The van der Waals surface area contributed by atoms with Crippen molar-refractivity contribution in [2.24, 2.45) is 0 Å². The van der Waals surface area contributed by atoms with Crippen molar-refractivity contribution in [3.05, 3.63) is 66.9 Å². The zero-order chi connectivity index (χ0) is 17.2. The van der Waals surface area contributed by atoms with Gasteiger partial charge in [-0.3, -0.25) is 4.31 Å². The number of sulfonamides is 1. The van der Waals surface area contributed by atoms with E-state index in [9.17, 15) is 12.8 Å². The maximum Gasteiger partial charge on any atom is 0.268 e. The molecule has 8 heteroatoms. The summed E-state index contributed by atoms with van der Waals surface area (Å²) < 4.78 is 39.7.